The molecule has 1 unspecified atom stereocenters. The second-order valence-corrected chi connectivity index (χ2v) is 12.8. The highest BCUT2D eigenvalue weighted by Gasteiger charge is 2.39. The van der Waals surface area contributed by atoms with Gasteiger partial charge in [-0.2, -0.15) is 9.57 Å². The van der Waals surface area contributed by atoms with Crippen LogP contribution in [-0.4, -0.2) is 90.1 Å². The van der Waals surface area contributed by atoms with Gasteiger partial charge in [-0.05, 0) is 31.3 Å². The number of carbonyl (C=O) groups excluding carboxylic acids is 2. The number of sulfonamides is 1. The van der Waals surface area contributed by atoms with Crippen molar-refractivity contribution in [2.24, 2.45) is 0 Å². The van der Waals surface area contributed by atoms with Crippen molar-refractivity contribution in [3.05, 3.63) is 44.9 Å². The molecule has 11 nitrogen and oxygen atoms in total. The standard InChI is InChI=1S/C24H26ClN7O4S2/c1-30-7-4-19-20(14-30)37-23(29-19)24(34)32-9-8-31(13-17(32)12-21(33)27-6-5-26)38(35,36)22-11-15-10-16(25)2-3-18(15)28-22/h2-3,10-11,17,28H,4,6-9,12-14H2,1H3,(H,27,33). The molecular weight excluding hydrogens is 550 g/mol. The number of amides is 2. The summed E-state index contributed by atoms with van der Waals surface area (Å²) in [5, 5.41) is 12.8. The van der Waals surface area contributed by atoms with Gasteiger partial charge in [-0.3, -0.25) is 9.59 Å². The number of aromatic nitrogens is 2. The van der Waals surface area contributed by atoms with Gasteiger partial charge in [0.1, 0.15) is 11.6 Å². The van der Waals surface area contributed by atoms with Crippen LogP contribution in [0, 0.1) is 11.3 Å². The lowest BCUT2D eigenvalue weighted by Crippen LogP contribution is -2.57. The van der Waals surface area contributed by atoms with Gasteiger partial charge in [0.15, 0.2) is 5.01 Å². The lowest BCUT2D eigenvalue weighted by molar-refractivity contribution is -0.122. The van der Waals surface area contributed by atoms with E-state index in [0.717, 1.165) is 30.1 Å². The van der Waals surface area contributed by atoms with Crippen LogP contribution in [0.1, 0.15) is 26.8 Å². The molecule has 0 spiro atoms. The van der Waals surface area contributed by atoms with Crippen molar-refractivity contribution in [2.45, 2.75) is 30.5 Å². The highest BCUT2D eigenvalue weighted by molar-refractivity contribution is 7.89. The van der Waals surface area contributed by atoms with Crippen molar-refractivity contribution in [2.75, 3.05) is 39.8 Å². The highest BCUT2D eigenvalue weighted by atomic mass is 35.5. The van der Waals surface area contributed by atoms with E-state index in [2.05, 4.69) is 20.2 Å². The molecule has 1 fully saturated rings. The van der Waals surface area contributed by atoms with Crippen LogP contribution in [0.4, 0.5) is 0 Å². The van der Waals surface area contributed by atoms with Gasteiger partial charge >= 0.3 is 0 Å². The van der Waals surface area contributed by atoms with Gasteiger partial charge in [-0.25, -0.2) is 13.4 Å². The molecule has 14 heteroatoms. The zero-order valence-corrected chi connectivity index (χ0v) is 23.0. The summed E-state index contributed by atoms with van der Waals surface area (Å²) in [5.74, 6) is -0.753. The monoisotopic (exact) mass is 575 g/mol. The Morgan fingerprint density at radius 1 is 1.29 bits per heavy atom. The average Bonchev–Trinajstić information content (AvgIpc) is 3.51. The first-order chi connectivity index (χ1) is 18.2. The fourth-order valence-corrected chi connectivity index (χ4v) is 7.61. The first-order valence-electron chi connectivity index (χ1n) is 12.1. The molecule has 2 amide bonds. The van der Waals surface area contributed by atoms with E-state index in [9.17, 15) is 18.0 Å². The molecule has 0 aliphatic carbocycles. The van der Waals surface area contributed by atoms with Crippen LogP contribution in [0.2, 0.25) is 5.02 Å². The summed E-state index contributed by atoms with van der Waals surface area (Å²) in [4.78, 5) is 38.4. The predicted octanol–water partition coefficient (Wildman–Crippen LogP) is 1.81. The van der Waals surface area contributed by atoms with Gasteiger partial charge in [0.05, 0.1) is 17.8 Å². The Bertz CT molecular complexity index is 1540. The minimum absolute atomic E-state index is 0.0129. The average molecular weight is 576 g/mol. The Hall–Kier alpha value is -3.02. The van der Waals surface area contributed by atoms with Crippen molar-refractivity contribution in [1.82, 2.24) is 29.4 Å². The molecular formula is C24H26ClN7O4S2. The second-order valence-electron chi connectivity index (χ2n) is 9.40. The maximum Gasteiger partial charge on any atom is 0.283 e. The van der Waals surface area contributed by atoms with Gasteiger partial charge in [-0.1, -0.05) is 11.6 Å². The molecule has 0 saturated carbocycles. The van der Waals surface area contributed by atoms with Gasteiger partial charge in [-0.15, -0.1) is 11.3 Å². The number of nitriles is 1. The number of nitrogens with zero attached hydrogens (tertiary/aromatic N) is 5. The number of benzene rings is 1. The van der Waals surface area contributed by atoms with Crippen LogP contribution in [0.15, 0.2) is 29.3 Å². The summed E-state index contributed by atoms with van der Waals surface area (Å²) in [5.41, 5.74) is 1.55. The van der Waals surface area contributed by atoms with Crippen LogP contribution in [0.25, 0.3) is 10.9 Å². The summed E-state index contributed by atoms with van der Waals surface area (Å²) in [6.07, 6.45) is 0.618. The van der Waals surface area contributed by atoms with Gasteiger partial charge in [0.2, 0.25) is 5.91 Å². The quantitative estimate of drug-likeness (QED) is 0.427. The van der Waals surface area contributed by atoms with E-state index in [0.29, 0.717) is 20.9 Å². The van der Waals surface area contributed by atoms with Crippen molar-refractivity contribution in [3.63, 3.8) is 0 Å². The van der Waals surface area contributed by atoms with Crippen LogP contribution < -0.4 is 5.32 Å². The Morgan fingerprint density at radius 2 is 2.11 bits per heavy atom. The van der Waals surface area contributed by atoms with E-state index >= 15 is 0 Å². The third-order valence-electron chi connectivity index (χ3n) is 6.77. The number of piperazine rings is 1. The lowest BCUT2D eigenvalue weighted by atomic mass is 10.1. The second kappa shape index (κ2) is 10.6. The molecule has 2 N–H and O–H groups in total. The normalized spacial score (nSPS) is 18.8. The van der Waals surface area contributed by atoms with Crippen LogP contribution >= 0.6 is 22.9 Å². The molecule has 1 aromatic carbocycles. The fraction of sp³-hybridized carbons (Fsp3) is 0.417. The molecule has 2 aliphatic heterocycles. The molecule has 1 saturated heterocycles. The number of hydrogen-bond donors (Lipinski definition) is 2. The lowest BCUT2D eigenvalue weighted by Gasteiger charge is -2.40. The summed E-state index contributed by atoms with van der Waals surface area (Å²) >= 11 is 7.40. The van der Waals surface area contributed by atoms with Crippen LogP contribution in [-0.2, 0) is 27.8 Å². The van der Waals surface area contributed by atoms with E-state index < -0.39 is 22.0 Å². The summed E-state index contributed by atoms with van der Waals surface area (Å²) in [6, 6.07) is 7.71. The number of hydrogen-bond acceptors (Lipinski definition) is 8. The zero-order chi connectivity index (χ0) is 27.0. The number of rotatable bonds is 6. The first kappa shape index (κ1) is 26.6. The van der Waals surface area contributed by atoms with Crippen molar-refractivity contribution < 1.29 is 18.0 Å². The molecule has 200 valence electrons. The summed E-state index contributed by atoms with van der Waals surface area (Å²) < 4.78 is 28.4. The van der Waals surface area contributed by atoms with E-state index in [1.807, 2.05) is 13.1 Å². The number of likely N-dealkylation sites (N-methyl/N-ethyl adjacent to an activating group) is 1. The number of thiazole rings is 1. The van der Waals surface area contributed by atoms with Crippen LogP contribution in [0.3, 0.4) is 0 Å². The summed E-state index contributed by atoms with van der Waals surface area (Å²) in [6.45, 7) is 1.51. The zero-order valence-electron chi connectivity index (χ0n) is 20.6. The van der Waals surface area contributed by atoms with E-state index in [-0.39, 0.29) is 43.5 Å². The predicted molar refractivity (Wildman–Crippen MR) is 142 cm³/mol. The summed E-state index contributed by atoms with van der Waals surface area (Å²) in [7, 11) is -1.94. The maximum absolute atomic E-state index is 13.6. The number of aromatic amines is 1. The SMILES string of the molecule is CN1CCc2nc(C(=O)N3CCN(S(=O)(=O)c4cc5cc(Cl)ccc5[nH]4)CC3CC(=O)NCC#N)sc2C1. The third-order valence-corrected chi connectivity index (χ3v) is 9.87. The fourth-order valence-electron chi connectivity index (χ4n) is 4.80. The van der Waals surface area contributed by atoms with Crippen LogP contribution in [0.5, 0.6) is 0 Å². The molecule has 4 heterocycles. The Labute approximate surface area is 229 Å². The number of H-pyrrole nitrogens is 1. The number of carbonyl (C=O) groups is 2. The highest BCUT2D eigenvalue weighted by Crippen LogP contribution is 2.29. The topological polar surface area (TPSA) is 142 Å². The molecule has 2 aliphatic rings. The number of halogens is 1. The maximum atomic E-state index is 13.6. The number of nitrogens with one attached hydrogen (secondary N) is 2. The van der Waals surface area contributed by atoms with E-state index in [1.54, 1.807) is 18.2 Å². The number of fused-ring (bicyclic) bond motifs is 2. The van der Waals surface area contributed by atoms with Crippen molar-refractivity contribution in [1.29, 1.82) is 5.26 Å². The first-order valence-corrected chi connectivity index (χ1v) is 14.7. The smallest absolute Gasteiger partial charge is 0.283 e. The molecule has 38 heavy (non-hydrogen) atoms. The van der Waals surface area contributed by atoms with E-state index in [4.69, 9.17) is 16.9 Å². The van der Waals surface area contributed by atoms with Crippen molar-refractivity contribution in [3.8, 4) is 6.07 Å². The van der Waals surface area contributed by atoms with Gasteiger partial charge in [0.25, 0.3) is 15.9 Å². The Balaban J connectivity index is 1.40. The van der Waals surface area contributed by atoms with E-state index in [1.165, 1.54) is 26.6 Å². The largest absolute Gasteiger partial charge is 0.345 e. The minimum atomic E-state index is -3.95. The molecule has 5 rings (SSSR count). The Morgan fingerprint density at radius 3 is 2.89 bits per heavy atom. The molecule has 3 aromatic rings. The Kier molecular flexibility index (Phi) is 7.43. The molecule has 2 aromatic heterocycles. The molecule has 0 radical (unpaired) electrons. The van der Waals surface area contributed by atoms with Gasteiger partial charge in [0, 0.05) is 66.4 Å². The third kappa shape index (κ3) is 5.27. The minimum Gasteiger partial charge on any atom is -0.345 e. The van der Waals surface area contributed by atoms with Gasteiger partial charge < -0.3 is 20.1 Å². The molecule has 1 atom stereocenters. The molecule has 0 bridgehead atoms. The van der Waals surface area contributed by atoms with Crippen molar-refractivity contribution >= 4 is 55.7 Å².